The summed E-state index contributed by atoms with van der Waals surface area (Å²) in [6.45, 7) is 4.86. The number of hydrogen-bond acceptors (Lipinski definition) is 3. The van der Waals surface area contributed by atoms with Crippen LogP contribution in [0.1, 0.15) is 31.7 Å². The zero-order valence-corrected chi connectivity index (χ0v) is 12.6. The van der Waals surface area contributed by atoms with Gasteiger partial charge in [-0.15, -0.1) is 0 Å². The minimum atomic E-state index is -0.311. The van der Waals surface area contributed by atoms with Crippen LogP contribution in [0.5, 0.6) is 0 Å². The Labute approximate surface area is 122 Å². The number of nitrogens with zero attached hydrogens (tertiary/aromatic N) is 1. The molecule has 0 atom stereocenters. The van der Waals surface area contributed by atoms with Crippen molar-refractivity contribution >= 4 is 6.09 Å². The fourth-order valence-corrected chi connectivity index (χ4v) is 1.88. The van der Waals surface area contributed by atoms with Crippen LogP contribution in [0.15, 0.2) is 30.3 Å². The van der Waals surface area contributed by atoms with Gasteiger partial charge in [0.25, 0.3) is 0 Å². The van der Waals surface area contributed by atoms with Crippen LogP contribution < -0.4 is 5.32 Å². The summed E-state index contributed by atoms with van der Waals surface area (Å²) in [4.78, 5) is 13.5. The first-order valence-electron chi connectivity index (χ1n) is 7.35. The number of benzene rings is 1. The third-order valence-electron chi connectivity index (χ3n) is 3.05. The van der Waals surface area contributed by atoms with E-state index < -0.39 is 0 Å². The van der Waals surface area contributed by atoms with Crippen LogP contribution in [0.4, 0.5) is 4.79 Å². The minimum Gasteiger partial charge on any atom is -0.448 e. The predicted molar refractivity (Wildman–Crippen MR) is 81.7 cm³/mol. The molecule has 0 radical (unpaired) electrons. The Balaban J connectivity index is 2.06. The molecule has 0 aromatic heterocycles. The summed E-state index contributed by atoms with van der Waals surface area (Å²) >= 11 is 0. The lowest BCUT2D eigenvalue weighted by molar-refractivity contribution is 0.131. The summed E-state index contributed by atoms with van der Waals surface area (Å²) in [7, 11) is 2.02. The molecule has 4 heteroatoms. The number of carbonyl (C=O) groups excluding carboxylic acids is 1. The van der Waals surface area contributed by atoms with Crippen LogP contribution in [-0.4, -0.2) is 37.7 Å². The lowest BCUT2D eigenvalue weighted by Crippen LogP contribution is -2.29. The Morgan fingerprint density at radius 3 is 2.70 bits per heavy atom. The molecule has 0 saturated heterocycles. The molecule has 1 amide bonds. The van der Waals surface area contributed by atoms with Gasteiger partial charge in [0.05, 0.1) is 0 Å². The quantitative estimate of drug-likeness (QED) is 0.706. The average Bonchev–Trinajstić information content (AvgIpc) is 2.45. The van der Waals surface area contributed by atoms with Crippen LogP contribution in [0, 0.1) is 0 Å². The SMILES string of the molecule is CCCCCNC(=O)OCCN(C)Cc1ccccc1. The molecule has 0 fully saturated rings. The van der Waals surface area contributed by atoms with E-state index in [1.807, 2.05) is 25.2 Å². The third-order valence-corrected chi connectivity index (χ3v) is 3.05. The Morgan fingerprint density at radius 1 is 1.25 bits per heavy atom. The van der Waals surface area contributed by atoms with E-state index in [4.69, 9.17) is 4.74 Å². The summed E-state index contributed by atoms with van der Waals surface area (Å²) in [5.74, 6) is 0. The second kappa shape index (κ2) is 10.3. The zero-order chi connectivity index (χ0) is 14.6. The number of likely N-dealkylation sites (N-methyl/N-ethyl adjacent to an activating group) is 1. The number of carbonyl (C=O) groups is 1. The van der Waals surface area contributed by atoms with Crippen molar-refractivity contribution in [2.24, 2.45) is 0 Å². The van der Waals surface area contributed by atoms with E-state index in [-0.39, 0.29) is 6.09 Å². The maximum absolute atomic E-state index is 11.4. The maximum atomic E-state index is 11.4. The van der Waals surface area contributed by atoms with Crippen LogP contribution in [0.3, 0.4) is 0 Å². The van der Waals surface area contributed by atoms with Crippen LogP contribution >= 0.6 is 0 Å². The van der Waals surface area contributed by atoms with Gasteiger partial charge in [0, 0.05) is 19.6 Å². The van der Waals surface area contributed by atoms with Gasteiger partial charge in [-0.05, 0) is 19.0 Å². The van der Waals surface area contributed by atoms with E-state index >= 15 is 0 Å². The van der Waals surface area contributed by atoms with Crippen LogP contribution in [0.2, 0.25) is 0 Å². The van der Waals surface area contributed by atoms with Gasteiger partial charge in [0.15, 0.2) is 0 Å². The van der Waals surface area contributed by atoms with Crippen LogP contribution in [-0.2, 0) is 11.3 Å². The van der Waals surface area contributed by atoms with Crippen molar-refractivity contribution in [1.29, 1.82) is 0 Å². The normalized spacial score (nSPS) is 10.6. The molecular formula is C16H26N2O2. The van der Waals surface area contributed by atoms with E-state index in [1.165, 1.54) is 5.56 Å². The van der Waals surface area contributed by atoms with Crippen molar-refractivity contribution in [2.45, 2.75) is 32.7 Å². The van der Waals surface area contributed by atoms with Gasteiger partial charge in [0.1, 0.15) is 6.61 Å². The van der Waals surface area contributed by atoms with Gasteiger partial charge < -0.3 is 10.1 Å². The highest BCUT2D eigenvalue weighted by atomic mass is 16.5. The van der Waals surface area contributed by atoms with E-state index in [0.29, 0.717) is 13.2 Å². The number of unbranched alkanes of at least 4 members (excludes halogenated alkanes) is 2. The summed E-state index contributed by atoms with van der Waals surface area (Å²) < 4.78 is 5.14. The number of rotatable bonds is 9. The first kappa shape index (κ1) is 16.5. The summed E-state index contributed by atoms with van der Waals surface area (Å²) in [6.07, 6.45) is 3.00. The van der Waals surface area contributed by atoms with Crippen molar-refractivity contribution in [3.8, 4) is 0 Å². The standard InChI is InChI=1S/C16H26N2O2/c1-3-4-8-11-17-16(19)20-13-12-18(2)14-15-9-6-5-7-10-15/h5-7,9-10H,3-4,8,11-14H2,1-2H3,(H,17,19). The maximum Gasteiger partial charge on any atom is 0.407 e. The van der Waals surface area contributed by atoms with Gasteiger partial charge in [-0.2, -0.15) is 0 Å². The van der Waals surface area contributed by atoms with E-state index in [0.717, 1.165) is 32.4 Å². The molecule has 0 aliphatic heterocycles. The van der Waals surface area contributed by atoms with E-state index in [1.54, 1.807) is 0 Å². The Hall–Kier alpha value is -1.55. The molecule has 1 aromatic carbocycles. The van der Waals surface area contributed by atoms with Crippen molar-refractivity contribution in [3.05, 3.63) is 35.9 Å². The number of ether oxygens (including phenoxy) is 1. The van der Waals surface area contributed by atoms with Gasteiger partial charge in [0.2, 0.25) is 0 Å². The van der Waals surface area contributed by atoms with E-state index in [9.17, 15) is 4.79 Å². The zero-order valence-electron chi connectivity index (χ0n) is 12.6. The number of amides is 1. The fraction of sp³-hybridized carbons (Fsp3) is 0.562. The van der Waals surface area contributed by atoms with Crippen LogP contribution in [0.25, 0.3) is 0 Å². The summed E-state index contributed by atoms with van der Waals surface area (Å²) in [5.41, 5.74) is 1.26. The largest absolute Gasteiger partial charge is 0.448 e. The first-order valence-corrected chi connectivity index (χ1v) is 7.35. The molecule has 0 unspecified atom stereocenters. The molecule has 1 aromatic rings. The van der Waals surface area contributed by atoms with Crippen molar-refractivity contribution in [1.82, 2.24) is 10.2 Å². The van der Waals surface area contributed by atoms with E-state index in [2.05, 4.69) is 29.3 Å². The molecular weight excluding hydrogens is 252 g/mol. The second-order valence-electron chi connectivity index (χ2n) is 4.99. The van der Waals surface area contributed by atoms with Crippen molar-refractivity contribution in [3.63, 3.8) is 0 Å². The topological polar surface area (TPSA) is 41.6 Å². The number of hydrogen-bond donors (Lipinski definition) is 1. The second-order valence-corrected chi connectivity index (χ2v) is 4.99. The third kappa shape index (κ3) is 7.79. The molecule has 1 N–H and O–H groups in total. The number of nitrogens with one attached hydrogen (secondary N) is 1. The predicted octanol–water partition coefficient (Wildman–Crippen LogP) is 3.03. The molecule has 0 bridgehead atoms. The molecule has 0 spiro atoms. The van der Waals surface area contributed by atoms with Crippen molar-refractivity contribution < 1.29 is 9.53 Å². The summed E-state index contributed by atoms with van der Waals surface area (Å²) in [6, 6.07) is 10.3. The Kier molecular flexibility index (Phi) is 8.47. The molecule has 20 heavy (non-hydrogen) atoms. The monoisotopic (exact) mass is 278 g/mol. The molecule has 4 nitrogen and oxygen atoms in total. The Morgan fingerprint density at radius 2 is 2.00 bits per heavy atom. The van der Waals surface area contributed by atoms with Gasteiger partial charge >= 0.3 is 6.09 Å². The lowest BCUT2D eigenvalue weighted by Gasteiger charge is -2.16. The highest BCUT2D eigenvalue weighted by Gasteiger charge is 2.03. The molecule has 0 saturated carbocycles. The lowest BCUT2D eigenvalue weighted by atomic mass is 10.2. The Bertz CT molecular complexity index is 368. The summed E-state index contributed by atoms with van der Waals surface area (Å²) in [5, 5.41) is 2.76. The molecule has 112 valence electrons. The first-order chi connectivity index (χ1) is 9.72. The van der Waals surface area contributed by atoms with Gasteiger partial charge in [-0.25, -0.2) is 4.79 Å². The average molecular weight is 278 g/mol. The molecule has 1 rings (SSSR count). The molecule has 0 aliphatic rings. The van der Waals surface area contributed by atoms with Gasteiger partial charge in [-0.3, -0.25) is 4.90 Å². The minimum absolute atomic E-state index is 0.311. The molecule has 0 heterocycles. The molecule has 0 aliphatic carbocycles. The van der Waals surface area contributed by atoms with Gasteiger partial charge in [-0.1, -0.05) is 50.1 Å². The van der Waals surface area contributed by atoms with Crippen molar-refractivity contribution in [2.75, 3.05) is 26.7 Å². The number of alkyl carbamates (subject to hydrolysis) is 1. The smallest absolute Gasteiger partial charge is 0.407 e. The highest BCUT2D eigenvalue weighted by molar-refractivity contribution is 5.66. The fourth-order valence-electron chi connectivity index (χ4n) is 1.88. The highest BCUT2D eigenvalue weighted by Crippen LogP contribution is 2.02.